The fourth-order valence-electron chi connectivity index (χ4n) is 1.94. The lowest BCUT2D eigenvalue weighted by molar-refractivity contribution is 0.0923. The van der Waals surface area contributed by atoms with Gasteiger partial charge in [0.2, 0.25) is 5.95 Å². The first-order valence-electron chi connectivity index (χ1n) is 5.47. The molecule has 0 bridgehead atoms. The zero-order valence-corrected chi connectivity index (χ0v) is 16.2. The van der Waals surface area contributed by atoms with Gasteiger partial charge in [-0.15, -0.1) is 0 Å². The van der Waals surface area contributed by atoms with E-state index in [9.17, 15) is 9.59 Å². The molecule has 2 amide bonds. The molecular formula is C12H3Br4N3O2. The van der Waals surface area contributed by atoms with Crippen molar-refractivity contribution in [2.45, 2.75) is 0 Å². The Balaban J connectivity index is 2.27. The Hall–Kier alpha value is -0.640. The summed E-state index contributed by atoms with van der Waals surface area (Å²) >= 11 is 13.4. The number of fused-ring (bicyclic) bond motifs is 1. The number of carbonyl (C=O) groups is 2. The van der Waals surface area contributed by atoms with Crippen LogP contribution in [0, 0.1) is 0 Å². The molecule has 0 unspecified atom stereocenters. The minimum atomic E-state index is -0.470. The Labute approximate surface area is 152 Å². The molecular weight excluding hydrogens is 538 g/mol. The van der Waals surface area contributed by atoms with Crippen LogP contribution >= 0.6 is 63.7 Å². The fraction of sp³-hybridized carbons (Fsp3) is 0. The van der Waals surface area contributed by atoms with Gasteiger partial charge in [0.15, 0.2) is 0 Å². The molecule has 2 heterocycles. The van der Waals surface area contributed by atoms with Crippen LogP contribution in [0.3, 0.4) is 0 Å². The van der Waals surface area contributed by atoms with Crippen LogP contribution in [0.25, 0.3) is 0 Å². The molecule has 0 fully saturated rings. The first kappa shape index (κ1) is 15.3. The summed E-state index contributed by atoms with van der Waals surface area (Å²) in [6, 6.07) is 1.61. The highest BCUT2D eigenvalue weighted by Gasteiger charge is 2.43. The largest absolute Gasteiger partial charge is 0.269 e. The van der Waals surface area contributed by atoms with Crippen LogP contribution in [0.4, 0.5) is 5.95 Å². The quantitative estimate of drug-likeness (QED) is 0.307. The number of aromatic nitrogens is 2. The van der Waals surface area contributed by atoms with Crippen LogP contribution in [0.1, 0.15) is 20.7 Å². The van der Waals surface area contributed by atoms with Crippen LogP contribution in [0.2, 0.25) is 0 Å². The van der Waals surface area contributed by atoms with Crippen molar-refractivity contribution < 1.29 is 9.59 Å². The summed E-state index contributed by atoms with van der Waals surface area (Å²) in [5, 5.41) is 0. The number of amides is 2. The number of hydrogen-bond acceptors (Lipinski definition) is 4. The number of anilines is 1. The number of carbonyl (C=O) groups excluding carboxylic acids is 2. The molecule has 0 N–H and O–H groups in total. The van der Waals surface area contributed by atoms with Crippen molar-refractivity contribution >= 4 is 81.5 Å². The van der Waals surface area contributed by atoms with Gasteiger partial charge in [-0.1, -0.05) is 0 Å². The van der Waals surface area contributed by atoms with Crippen LogP contribution in [0.5, 0.6) is 0 Å². The molecule has 0 saturated heterocycles. The van der Waals surface area contributed by atoms with E-state index >= 15 is 0 Å². The van der Waals surface area contributed by atoms with Crippen LogP contribution in [0.15, 0.2) is 36.4 Å². The highest BCUT2D eigenvalue weighted by Crippen LogP contribution is 2.45. The lowest BCUT2D eigenvalue weighted by Gasteiger charge is -2.10. The van der Waals surface area contributed by atoms with Gasteiger partial charge in [-0.2, -0.15) is 0 Å². The van der Waals surface area contributed by atoms with Gasteiger partial charge in [-0.05, 0) is 69.8 Å². The summed E-state index contributed by atoms with van der Waals surface area (Å²) in [5.74, 6) is -0.890. The third-order valence-corrected chi connectivity index (χ3v) is 7.62. The molecule has 1 aromatic heterocycles. The minimum Gasteiger partial charge on any atom is -0.268 e. The second kappa shape index (κ2) is 5.53. The van der Waals surface area contributed by atoms with Crippen molar-refractivity contribution in [2.24, 2.45) is 0 Å². The van der Waals surface area contributed by atoms with E-state index in [1.165, 1.54) is 12.4 Å². The van der Waals surface area contributed by atoms with Gasteiger partial charge in [0.05, 0.1) is 11.1 Å². The molecule has 3 rings (SSSR count). The van der Waals surface area contributed by atoms with Crippen LogP contribution < -0.4 is 4.90 Å². The fourth-order valence-corrected chi connectivity index (χ4v) is 4.39. The smallest absolute Gasteiger partial charge is 0.268 e. The number of rotatable bonds is 1. The monoisotopic (exact) mass is 537 g/mol. The van der Waals surface area contributed by atoms with E-state index in [0.29, 0.717) is 17.9 Å². The number of halogens is 4. The Bertz CT molecular complexity index is 748. The topological polar surface area (TPSA) is 63.2 Å². The molecule has 1 aliphatic heterocycles. The SMILES string of the molecule is O=C1c2c(Br)c(Br)c(Br)c(Br)c2C(=O)N1c1ncccn1. The normalized spacial score (nSPS) is 13.8. The maximum Gasteiger partial charge on any atom is 0.269 e. The van der Waals surface area contributed by atoms with Gasteiger partial charge in [0, 0.05) is 30.3 Å². The van der Waals surface area contributed by atoms with Gasteiger partial charge in [-0.3, -0.25) is 9.59 Å². The van der Waals surface area contributed by atoms with Crippen molar-refractivity contribution in [1.29, 1.82) is 0 Å². The van der Waals surface area contributed by atoms with Crippen molar-refractivity contribution in [1.82, 2.24) is 9.97 Å². The summed E-state index contributed by atoms with van der Waals surface area (Å²) in [4.78, 5) is 34.1. The summed E-state index contributed by atoms with van der Waals surface area (Å²) < 4.78 is 2.30. The zero-order chi connectivity index (χ0) is 15.3. The van der Waals surface area contributed by atoms with Crippen molar-refractivity contribution in [3.05, 3.63) is 47.5 Å². The van der Waals surface area contributed by atoms with E-state index in [1.54, 1.807) is 6.07 Å². The number of imide groups is 1. The molecule has 2 aromatic rings. The van der Waals surface area contributed by atoms with Gasteiger partial charge in [0.25, 0.3) is 11.8 Å². The van der Waals surface area contributed by atoms with Crippen molar-refractivity contribution in [2.75, 3.05) is 4.90 Å². The molecule has 5 nitrogen and oxygen atoms in total. The van der Waals surface area contributed by atoms with Crippen molar-refractivity contribution in [3.8, 4) is 0 Å². The highest BCUT2D eigenvalue weighted by molar-refractivity contribution is 9.15. The average Bonchev–Trinajstić information content (AvgIpc) is 2.75. The molecule has 9 heteroatoms. The second-order valence-electron chi connectivity index (χ2n) is 4.00. The molecule has 1 aliphatic rings. The third-order valence-electron chi connectivity index (χ3n) is 2.85. The van der Waals surface area contributed by atoms with E-state index in [1.807, 2.05) is 0 Å². The van der Waals surface area contributed by atoms with Crippen molar-refractivity contribution in [3.63, 3.8) is 0 Å². The summed E-state index contributed by atoms with van der Waals surface area (Å²) in [6.07, 6.45) is 2.95. The summed E-state index contributed by atoms with van der Waals surface area (Å²) in [5.41, 5.74) is 0.545. The van der Waals surface area contributed by atoms with E-state index in [-0.39, 0.29) is 17.1 Å². The maximum absolute atomic E-state index is 12.6. The summed E-state index contributed by atoms with van der Waals surface area (Å²) in [6.45, 7) is 0. The Morgan fingerprint density at radius 2 is 1.19 bits per heavy atom. The molecule has 21 heavy (non-hydrogen) atoms. The molecule has 0 saturated carbocycles. The minimum absolute atomic E-state index is 0.0507. The summed E-state index contributed by atoms with van der Waals surface area (Å²) in [7, 11) is 0. The van der Waals surface area contributed by atoms with E-state index in [0.717, 1.165) is 4.90 Å². The van der Waals surface area contributed by atoms with Gasteiger partial charge in [0.1, 0.15) is 0 Å². The lowest BCUT2D eigenvalue weighted by Crippen LogP contribution is -2.31. The van der Waals surface area contributed by atoms with Gasteiger partial charge >= 0.3 is 0 Å². The molecule has 0 radical (unpaired) electrons. The highest BCUT2D eigenvalue weighted by atomic mass is 79.9. The Kier molecular flexibility index (Phi) is 4.02. The predicted molar refractivity (Wildman–Crippen MR) is 90.4 cm³/mol. The number of benzene rings is 1. The number of nitrogens with zero attached hydrogens (tertiary/aromatic N) is 3. The van der Waals surface area contributed by atoms with Gasteiger partial charge in [-0.25, -0.2) is 14.9 Å². The van der Waals surface area contributed by atoms with Crippen LogP contribution in [-0.4, -0.2) is 21.8 Å². The first-order valence-corrected chi connectivity index (χ1v) is 8.64. The molecule has 106 valence electrons. The van der Waals surface area contributed by atoms with E-state index < -0.39 is 11.8 Å². The molecule has 0 aliphatic carbocycles. The van der Waals surface area contributed by atoms with Crippen LogP contribution in [-0.2, 0) is 0 Å². The zero-order valence-electron chi connectivity index (χ0n) is 9.90. The lowest BCUT2D eigenvalue weighted by atomic mass is 10.1. The Morgan fingerprint density at radius 3 is 1.62 bits per heavy atom. The molecule has 0 spiro atoms. The van der Waals surface area contributed by atoms with E-state index in [2.05, 4.69) is 73.7 Å². The standard InChI is InChI=1S/C12H3Br4N3O2/c13-6-4-5(7(14)9(16)8(6)15)11(21)19(10(4)20)12-17-2-1-3-18-12/h1-3H. The average molecular weight is 541 g/mol. The first-order chi connectivity index (χ1) is 9.95. The van der Waals surface area contributed by atoms with E-state index in [4.69, 9.17) is 0 Å². The number of hydrogen-bond donors (Lipinski definition) is 0. The predicted octanol–water partition coefficient (Wildman–Crippen LogP) is 4.33. The second-order valence-corrected chi connectivity index (χ2v) is 7.17. The Morgan fingerprint density at radius 1 is 0.762 bits per heavy atom. The third kappa shape index (κ3) is 2.21. The molecule has 0 atom stereocenters. The molecule has 1 aromatic carbocycles. The van der Waals surface area contributed by atoms with Gasteiger partial charge < -0.3 is 0 Å². The maximum atomic E-state index is 12.6.